The summed E-state index contributed by atoms with van der Waals surface area (Å²) in [6.07, 6.45) is 1.62. The van der Waals surface area contributed by atoms with Gasteiger partial charge in [-0.3, -0.25) is 9.59 Å². The Hall–Kier alpha value is -4.00. The zero-order valence-corrected chi connectivity index (χ0v) is 15.3. The van der Waals surface area contributed by atoms with Crippen LogP contribution in [-0.2, 0) is 6.54 Å². The predicted molar refractivity (Wildman–Crippen MR) is 107 cm³/mol. The smallest absolute Gasteiger partial charge is 0.252 e. The van der Waals surface area contributed by atoms with Crippen LogP contribution in [-0.4, -0.2) is 21.6 Å². The molecule has 4 aromatic rings. The maximum absolute atomic E-state index is 13.2. The number of carbonyl (C=O) groups excluding carboxylic acids is 2. The molecule has 7 heteroatoms. The van der Waals surface area contributed by atoms with Crippen LogP contribution in [0.3, 0.4) is 0 Å². The van der Waals surface area contributed by atoms with Gasteiger partial charge in [-0.1, -0.05) is 18.2 Å². The van der Waals surface area contributed by atoms with E-state index in [1.54, 1.807) is 59.4 Å². The monoisotopic (exact) mass is 388 g/mol. The third kappa shape index (κ3) is 3.70. The van der Waals surface area contributed by atoms with Gasteiger partial charge < -0.3 is 11.1 Å². The fourth-order valence-electron chi connectivity index (χ4n) is 3.10. The Kier molecular flexibility index (Phi) is 4.78. The standard InChI is InChI=1S/C22H17FN4O2/c23-16-8-10-17(11-9-16)27-20-3-1-2-18(19(20)13-26-27)22(29)25-12-14-4-6-15(7-5-14)21(24)28/h1-11,13H,12H2,(H2,24,28)(H,25,29). The van der Waals surface area contributed by atoms with Crippen LogP contribution in [0.25, 0.3) is 16.6 Å². The summed E-state index contributed by atoms with van der Waals surface area (Å²) in [6, 6.07) is 18.1. The minimum atomic E-state index is -0.495. The molecule has 0 saturated carbocycles. The van der Waals surface area contributed by atoms with Crippen molar-refractivity contribution in [3.63, 3.8) is 0 Å². The van der Waals surface area contributed by atoms with Crippen LogP contribution in [0, 0.1) is 5.82 Å². The molecule has 0 spiro atoms. The number of fused-ring (bicyclic) bond motifs is 1. The van der Waals surface area contributed by atoms with Crippen LogP contribution in [0.5, 0.6) is 0 Å². The van der Waals surface area contributed by atoms with Crippen molar-refractivity contribution in [1.82, 2.24) is 15.1 Å². The van der Waals surface area contributed by atoms with Crippen molar-refractivity contribution in [2.24, 2.45) is 5.73 Å². The summed E-state index contributed by atoms with van der Waals surface area (Å²) in [7, 11) is 0. The van der Waals surface area contributed by atoms with Crippen molar-refractivity contribution in [2.75, 3.05) is 0 Å². The number of primary amides is 1. The van der Waals surface area contributed by atoms with Crippen molar-refractivity contribution < 1.29 is 14.0 Å². The zero-order valence-electron chi connectivity index (χ0n) is 15.3. The second-order valence-corrected chi connectivity index (χ2v) is 6.52. The average molecular weight is 388 g/mol. The number of amides is 2. The number of nitrogens with zero attached hydrogens (tertiary/aromatic N) is 2. The molecule has 3 N–H and O–H groups in total. The van der Waals surface area contributed by atoms with E-state index in [0.29, 0.717) is 28.7 Å². The van der Waals surface area contributed by atoms with Gasteiger partial charge in [0.25, 0.3) is 5.91 Å². The van der Waals surface area contributed by atoms with Gasteiger partial charge in [0.2, 0.25) is 5.91 Å². The van der Waals surface area contributed by atoms with Gasteiger partial charge in [-0.2, -0.15) is 5.10 Å². The van der Waals surface area contributed by atoms with Crippen LogP contribution < -0.4 is 11.1 Å². The van der Waals surface area contributed by atoms with Gasteiger partial charge in [0.05, 0.1) is 23.0 Å². The van der Waals surface area contributed by atoms with Crippen molar-refractivity contribution in [2.45, 2.75) is 6.54 Å². The highest BCUT2D eigenvalue weighted by Crippen LogP contribution is 2.22. The van der Waals surface area contributed by atoms with Crippen molar-refractivity contribution in [3.8, 4) is 5.69 Å². The number of nitrogens with one attached hydrogen (secondary N) is 1. The molecule has 3 aromatic carbocycles. The molecule has 29 heavy (non-hydrogen) atoms. The molecule has 0 aliphatic rings. The molecule has 0 radical (unpaired) electrons. The van der Waals surface area contributed by atoms with Crippen LogP contribution >= 0.6 is 0 Å². The lowest BCUT2D eigenvalue weighted by Crippen LogP contribution is -2.23. The topological polar surface area (TPSA) is 90.0 Å². The third-order valence-corrected chi connectivity index (χ3v) is 4.62. The van der Waals surface area contributed by atoms with Crippen molar-refractivity contribution in [3.05, 3.63) is 95.4 Å². The van der Waals surface area contributed by atoms with E-state index in [4.69, 9.17) is 5.73 Å². The number of hydrogen-bond donors (Lipinski definition) is 2. The molecule has 4 rings (SSSR count). The molecule has 0 aliphatic heterocycles. The average Bonchev–Trinajstić information content (AvgIpc) is 3.17. The SMILES string of the molecule is NC(=O)c1ccc(CNC(=O)c2cccc3c2cnn3-c2ccc(F)cc2)cc1. The first-order chi connectivity index (χ1) is 14.0. The third-order valence-electron chi connectivity index (χ3n) is 4.62. The second-order valence-electron chi connectivity index (χ2n) is 6.52. The summed E-state index contributed by atoms with van der Waals surface area (Å²) in [5.74, 6) is -1.06. The lowest BCUT2D eigenvalue weighted by molar-refractivity contribution is 0.0951. The molecule has 0 unspecified atom stereocenters. The largest absolute Gasteiger partial charge is 0.366 e. The number of carbonyl (C=O) groups is 2. The lowest BCUT2D eigenvalue weighted by atomic mass is 10.1. The summed E-state index contributed by atoms with van der Waals surface area (Å²) in [5.41, 5.74) is 8.43. The van der Waals surface area contributed by atoms with Crippen LogP contribution in [0.4, 0.5) is 4.39 Å². The fraction of sp³-hybridized carbons (Fsp3) is 0.0455. The van der Waals surface area contributed by atoms with E-state index in [9.17, 15) is 14.0 Å². The van der Waals surface area contributed by atoms with E-state index in [0.717, 1.165) is 11.1 Å². The molecule has 0 bridgehead atoms. The Labute approximate surface area is 165 Å². The normalized spacial score (nSPS) is 10.8. The maximum Gasteiger partial charge on any atom is 0.252 e. The summed E-state index contributed by atoms with van der Waals surface area (Å²) < 4.78 is 14.9. The molecule has 144 valence electrons. The van der Waals surface area contributed by atoms with Crippen molar-refractivity contribution in [1.29, 1.82) is 0 Å². The number of halogens is 1. The molecule has 0 fully saturated rings. The van der Waals surface area contributed by atoms with Crippen LogP contribution in [0.2, 0.25) is 0 Å². The number of aromatic nitrogens is 2. The molecule has 6 nitrogen and oxygen atoms in total. The van der Waals surface area contributed by atoms with Gasteiger partial charge in [0.1, 0.15) is 5.82 Å². The van der Waals surface area contributed by atoms with E-state index in [1.165, 1.54) is 12.1 Å². The zero-order chi connectivity index (χ0) is 20.4. The highest BCUT2D eigenvalue weighted by Gasteiger charge is 2.14. The highest BCUT2D eigenvalue weighted by atomic mass is 19.1. The van der Waals surface area contributed by atoms with Crippen molar-refractivity contribution >= 4 is 22.7 Å². The minimum absolute atomic E-state index is 0.242. The Morgan fingerprint density at radius 3 is 2.41 bits per heavy atom. The van der Waals surface area contributed by atoms with Gasteiger partial charge in [-0.05, 0) is 54.1 Å². The maximum atomic E-state index is 13.2. The molecule has 1 aromatic heterocycles. The molecular weight excluding hydrogens is 371 g/mol. The van der Waals surface area contributed by atoms with E-state index >= 15 is 0 Å². The summed E-state index contributed by atoms with van der Waals surface area (Å²) in [4.78, 5) is 23.9. The Morgan fingerprint density at radius 2 is 1.72 bits per heavy atom. The highest BCUT2D eigenvalue weighted by molar-refractivity contribution is 6.06. The van der Waals surface area contributed by atoms with Gasteiger partial charge in [-0.25, -0.2) is 9.07 Å². The Morgan fingerprint density at radius 1 is 1.00 bits per heavy atom. The quantitative estimate of drug-likeness (QED) is 0.550. The van der Waals surface area contributed by atoms with Gasteiger partial charge in [-0.15, -0.1) is 0 Å². The summed E-state index contributed by atoms with van der Waals surface area (Å²) in [5, 5.41) is 7.92. The van der Waals surface area contributed by atoms with Gasteiger partial charge >= 0.3 is 0 Å². The number of hydrogen-bond acceptors (Lipinski definition) is 3. The van der Waals surface area contributed by atoms with E-state index in [-0.39, 0.29) is 11.7 Å². The first kappa shape index (κ1) is 18.4. The Bertz CT molecular complexity index is 1200. The van der Waals surface area contributed by atoms with Crippen LogP contribution in [0.1, 0.15) is 26.3 Å². The Balaban J connectivity index is 1.56. The molecule has 0 atom stereocenters. The molecule has 1 heterocycles. The molecule has 2 amide bonds. The first-order valence-corrected chi connectivity index (χ1v) is 8.92. The lowest BCUT2D eigenvalue weighted by Gasteiger charge is -2.08. The number of benzene rings is 3. The second kappa shape index (κ2) is 7.55. The number of rotatable bonds is 5. The summed E-state index contributed by atoms with van der Waals surface area (Å²) in [6.45, 7) is 0.306. The number of nitrogens with two attached hydrogens (primary N) is 1. The van der Waals surface area contributed by atoms with Gasteiger partial charge in [0, 0.05) is 17.5 Å². The van der Waals surface area contributed by atoms with Crippen LogP contribution in [0.15, 0.2) is 72.9 Å². The van der Waals surface area contributed by atoms with E-state index in [2.05, 4.69) is 10.4 Å². The van der Waals surface area contributed by atoms with E-state index in [1.807, 2.05) is 6.07 Å². The first-order valence-electron chi connectivity index (χ1n) is 8.92. The van der Waals surface area contributed by atoms with Gasteiger partial charge in [0.15, 0.2) is 0 Å². The molecule has 0 aliphatic carbocycles. The fourth-order valence-corrected chi connectivity index (χ4v) is 3.10. The molecular formula is C22H17FN4O2. The minimum Gasteiger partial charge on any atom is -0.366 e. The predicted octanol–water partition coefficient (Wildman–Crippen LogP) is 3.19. The van der Waals surface area contributed by atoms with E-state index < -0.39 is 5.91 Å². The molecule has 0 saturated heterocycles. The summed E-state index contributed by atoms with van der Waals surface area (Å²) >= 11 is 0.